The van der Waals surface area contributed by atoms with Crippen LogP contribution in [0.2, 0.25) is 0 Å². The van der Waals surface area contributed by atoms with Crippen LogP contribution < -0.4 is 0 Å². The lowest BCUT2D eigenvalue weighted by molar-refractivity contribution is -0.124. The van der Waals surface area contributed by atoms with Crippen LogP contribution in [0.15, 0.2) is 24.5 Å². The van der Waals surface area contributed by atoms with Gasteiger partial charge in [0.05, 0.1) is 0 Å². The first-order chi connectivity index (χ1) is 6.65. The van der Waals surface area contributed by atoms with E-state index in [9.17, 15) is 4.79 Å². The number of Topliss-reactive ketones (excluding diaryl/α,β-unsaturated/α-hetero) is 1. The molecule has 1 fully saturated rings. The van der Waals surface area contributed by atoms with Crippen molar-refractivity contribution in [1.29, 1.82) is 0 Å². The van der Waals surface area contributed by atoms with Gasteiger partial charge in [0.2, 0.25) is 0 Å². The Labute approximate surface area is 83.8 Å². The molecule has 1 aliphatic rings. The Balaban J connectivity index is 2.46. The molecule has 1 unspecified atom stereocenters. The largest absolute Gasteiger partial charge is 0.297 e. The predicted molar refractivity (Wildman–Crippen MR) is 53.8 cm³/mol. The van der Waals surface area contributed by atoms with Crippen LogP contribution in [0.4, 0.5) is 0 Å². The van der Waals surface area contributed by atoms with Gasteiger partial charge < -0.3 is 0 Å². The maximum Gasteiger partial charge on any atom is 0.158 e. The van der Waals surface area contributed by atoms with Gasteiger partial charge in [0.1, 0.15) is 5.54 Å². The minimum Gasteiger partial charge on any atom is -0.297 e. The van der Waals surface area contributed by atoms with Gasteiger partial charge in [0.15, 0.2) is 5.78 Å². The summed E-state index contributed by atoms with van der Waals surface area (Å²) >= 11 is 0. The van der Waals surface area contributed by atoms with Crippen molar-refractivity contribution in [1.82, 2.24) is 9.88 Å². The Bertz CT molecular complexity index is 350. The van der Waals surface area contributed by atoms with E-state index in [0.717, 1.165) is 12.1 Å². The van der Waals surface area contributed by atoms with Gasteiger partial charge in [0, 0.05) is 25.4 Å². The van der Waals surface area contributed by atoms with Crippen molar-refractivity contribution < 1.29 is 4.79 Å². The van der Waals surface area contributed by atoms with E-state index in [1.165, 1.54) is 0 Å². The highest BCUT2D eigenvalue weighted by molar-refractivity contribution is 5.91. The van der Waals surface area contributed by atoms with Crippen molar-refractivity contribution >= 4 is 5.78 Å². The van der Waals surface area contributed by atoms with E-state index in [2.05, 4.69) is 9.88 Å². The smallest absolute Gasteiger partial charge is 0.158 e. The zero-order valence-corrected chi connectivity index (χ0v) is 8.53. The third kappa shape index (κ3) is 1.16. The number of likely N-dealkylation sites (tertiary alicyclic amines) is 1. The number of pyridine rings is 1. The van der Waals surface area contributed by atoms with Crippen LogP contribution in [0.3, 0.4) is 0 Å². The van der Waals surface area contributed by atoms with Crippen molar-refractivity contribution in [3.63, 3.8) is 0 Å². The van der Waals surface area contributed by atoms with Crippen LogP contribution in [-0.4, -0.2) is 29.3 Å². The van der Waals surface area contributed by atoms with Crippen molar-refractivity contribution in [2.75, 3.05) is 13.6 Å². The maximum absolute atomic E-state index is 11.8. The van der Waals surface area contributed by atoms with E-state index in [-0.39, 0.29) is 5.78 Å². The number of hydrogen-bond donors (Lipinski definition) is 0. The number of carbonyl (C=O) groups is 1. The number of ketones is 1. The van der Waals surface area contributed by atoms with Crippen LogP contribution in [0.1, 0.15) is 18.9 Å². The topological polar surface area (TPSA) is 33.2 Å². The van der Waals surface area contributed by atoms with E-state index in [1.54, 1.807) is 12.4 Å². The number of aromatic nitrogens is 1. The van der Waals surface area contributed by atoms with Gasteiger partial charge in [-0.2, -0.15) is 0 Å². The normalized spacial score (nSPS) is 28.3. The molecular formula is C11H14N2O. The molecule has 3 heteroatoms. The zero-order valence-electron chi connectivity index (χ0n) is 8.53. The molecule has 0 bridgehead atoms. The molecule has 3 nitrogen and oxygen atoms in total. The molecule has 0 radical (unpaired) electrons. The lowest BCUT2D eigenvalue weighted by atomic mass is 9.90. The molecule has 0 aliphatic carbocycles. The van der Waals surface area contributed by atoms with Crippen molar-refractivity contribution in [2.45, 2.75) is 18.9 Å². The Kier molecular flexibility index (Phi) is 2.11. The van der Waals surface area contributed by atoms with Gasteiger partial charge in [-0.05, 0) is 25.6 Å². The summed E-state index contributed by atoms with van der Waals surface area (Å²) in [6.45, 7) is 2.81. The monoisotopic (exact) mass is 190 g/mol. The SMILES string of the molecule is CN1CCC(=O)C1(C)c1cccnc1. The number of carbonyl (C=O) groups excluding carboxylic acids is 1. The Morgan fingerprint density at radius 3 is 2.86 bits per heavy atom. The molecule has 2 rings (SSSR count). The van der Waals surface area contributed by atoms with Gasteiger partial charge >= 0.3 is 0 Å². The highest BCUT2D eigenvalue weighted by Crippen LogP contribution is 2.33. The highest BCUT2D eigenvalue weighted by atomic mass is 16.1. The molecule has 1 saturated heterocycles. The zero-order chi connectivity index (χ0) is 10.2. The number of rotatable bonds is 1. The van der Waals surface area contributed by atoms with E-state index in [4.69, 9.17) is 0 Å². The standard InChI is InChI=1S/C11H14N2O/c1-11(9-4-3-6-12-8-9)10(14)5-7-13(11)2/h3-4,6,8H,5,7H2,1-2H3. The molecule has 0 aromatic carbocycles. The molecule has 0 spiro atoms. The van der Waals surface area contributed by atoms with Crippen LogP contribution in [0.25, 0.3) is 0 Å². The highest BCUT2D eigenvalue weighted by Gasteiger charge is 2.43. The maximum atomic E-state index is 11.8. The van der Waals surface area contributed by atoms with Crippen molar-refractivity contribution in [2.24, 2.45) is 0 Å². The molecular weight excluding hydrogens is 176 g/mol. The van der Waals surface area contributed by atoms with E-state index in [0.29, 0.717) is 6.42 Å². The van der Waals surface area contributed by atoms with Gasteiger partial charge in [0.25, 0.3) is 0 Å². The fourth-order valence-corrected chi connectivity index (χ4v) is 1.98. The van der Waals surface area contributed by atoms with Crippen LogP contribution >= 0.6 is 0 Å². The summed E-state index contributed by atoms with van der Waals surface area (Å²) in [4.78, 5) is 18.0. The van der Waals surface area contributed by atoms with Crippen molar-refractivity contribution in [3.8, 4) is 0 Å². The molecule has 0 N–H and O–H groups in total. The third-order valence-corrected chi connectivity index (χ3v) is 3.20. The Hall–Kier alpha value is -1.22. The van der Waals surface area contributed by atoms with E-state index < -0.39 is 5.54 Å². The average molecular weight is 190 g/mol. The van der Waals surface area contributed by atoms with E-state index >= 15 is 0 Å². The average Bonchev–Trinajstić information content (AvgIpc) is 2.49. The minimum absolute atomic E-state index is 0.285. The molecule has 0 saturated carbocycles. The van der Waals surface area contributed by atoms with Crippen LogP contribution in [0, 0.1) is 0 Å². The molecule has 14 heavy (non-hydrogen) atoms. The van der Waals surface area contributed by atoms with Gasteiger partial charge in [-0.15, -0.1) is 0 Å². The quantitative estimate of drug-likeness (QED) is 0.667. The Morgan fingerprint density at radius 2 is 2.36 bits per heavy atom. The first-order valence-electron chi connectivity index (χ1n) is 4.81. The lowest BCUT2D eigenvalue weighted by Crippen LogP contribution is -2.40. The second-order valence-electron chi connectivity index (χ2n) is 3.91. The number of hydrogen-bond acceptors (Lipinski definition) is 3. The summed E-state index contributed by atoms with van der Waals surface area (Å²) in [6.07, 6.45) is 4.15. The van der Waals surface area contributed by atoms with Crippen molar-refractivity contribution in [3.05, 3.63) is 30.1 Å². The summed E-state index contributed by atoms with van der Waals surface area (Å²) in [5.74, 6) is 0.285. The molecule has 1 aromatic rings. The molecule has 1 aliphatic heterocycles. The van der Waals surface area contributed by atoms with Gasteiger partial charge in [-0.1, -0.05) is 6.07 Å². The number of likely N-dealkylation sites (N-methyl/N-ethyl adjacent to an activating group) is 1. The van der Waals surface area contributed by atoms with E-state index in [1.807, 2.05) is 26.1 Å². The first-order valence-corrected chi connectivity index (χ1v) is 4.81. The number of nitrogens with zero attached hydrogens (tertiary/aromatic N) is 2. The van der Waals surface area contributed by atoms with Crippen LogP contribution in [-0.2, 0) is 10.3 Å². The Morgan fingerprint density at radius 1 is 1.57 bits per heavy atom. The molecule has 0 amide bonds. The molecule has 2 heterocycles. The summed E-state index contributed by atoms with van der Waals surface area (Å²) in [5.41, 5.74) is 0.527. The fraction of sp³-hybridized carbons (Fsp3) is 0.455. The second kappa shape index (κ2) is 3.17. The summed E-state index contributed by atoms with van der Waals surface area (Å²) in [5, 5.41) is 0. The third-order valence-electron chi connectivity index (χ3n) is 3.20. The van der Waals surface area contributed by atoms with Crippen LogP contribution in [0.5, 0.6) is 0 Å². The fourth-order valence-electron chi connectivity index (χ4n) is 1.98. The lowest BCUT2D eigenvalue weighted by Gasteiger charge is -2.30. The van der Waals surface area contributed by atoms with Gasteiger partial charge in [-0.3, -0.25) is 14.7 Å². The molecule has 74 valence electrons. The summed E-state index contributed by atoms with van der Waals surface area (Å²) < 4.78 is 0. The predicted octanol–water partition coefficient (Wildman–Crippen LogP) is 1.20. The summed E-state index contributed by atoms with van der Waals surface area (Å²) in [7, 11) is 1.98. The minimum atomic E-state index is -0.464. The molecule has 1 aromatic heterocycles. The summed E-state index contributed by atoms with van der Waals surface area (Å²) in [6, 6.07) is 3.84. The first kappa shape index (κ1) is 9.34. The molecule has 1 atom stereocenters. The van der Waals surface area contributed by atoms with Gasteiger partial charge in [-0.25, -0.2) is 0 Å². The second-order valence-corrected chi connectivity index (χ2v) is 3.91.